The van der Waals surface area contributed by atoms with Crippen LogP contribution in [0, 0.1) is 5.92 Å². The second kappa shape index (κ2) is 6.65. The second-order valence-corrected chi connectivity index (χ2v) is 4.78. The molecule has 0 saturated carbocycles. The number of nitrogens with zero attached hydrogens (tertiary/aromatic N) is 2. The summed E-state index contributed by atoms with van der Waals surface area (Å²) in [5.41, 5.74) is 2.64. The third-order valence-corrected chi connectivity index (χ3v) is 2.77. The Morgan fingerprint density at radius 2 is 2.05 bits per heavy atom. The zero-order valence-electron chi connectivity index (χ0n) is 11.6. The molecule has 2 rings (SSSR count). The number of amides is 1. The maximum absolute atomic E-state index is 11.7. The Morgan fingerprint density at radius 3 is 2.75 bits per heavy atom. The maximum Gasteiger partial charge on any atom is 0.226 e. The second-order valence-electron chi connectivity index (χ2n) is 4.78. The Bertz CT molecular complexity index is 569. The lowest BCUT2D eigenvalue weighted by atomic mass is 10.2. The van der Waals surface area contributed by atoms with Gasteiger partial charge in [0, 0.05) is 23.5 Å². The monoisotopic (exact) mass is 270 g/mol. The summed E-state index contributed by atoms with van der Waals surface area (Å²) in [7, 11) is 0. The zero-order valence-corrected chi connectivity index (χ0v) is 11.6. The van der Waals surface area contributed by atoms with E-state index in [1.807, 2.05) is 44.2 Å². The van der Waals surface area contributed by atoms with E-state index in [2.05, 4.69) is 20.6 Å². The number of hydrogen-bond donors (Lipinski definition) is 2. The van der Waals surface area contributed by atoms with Gasteiger partial charge >= 0.3 is 0 Å². The van der Waals surface area contributed by atoms with Gasteiger partial charge in [0.1, 0.15) is 6.33 Å². The summed E-state index contributed by atoms with van der Waals surface area (Å²) in [6.45, 7) is 4.35. The van der Waals surface area contributed by atoms with Gasteiger partial charge in [-0.15, -0.1) is 0 Å². The van der Waals surface area contributed by atoms with Crippen LogP contribution in [0.2, 0.25) is 0 Å². The number of anilines is 2. The molecule has 0 saturated heterocycles. The highest BCUT2D eigenvalue weighted by Gasteiger charge is 2.07. The fraction of sp³-hybridized carbons (Fsp3) is 0.267. The average Bonchev–Trinajstić information content (AvgIpc) is 2.46. The van der Waals surface area contributed by atoms with Crippen LogP contribution in [-0.4, -0.2) is 15.9 Å². The molecule has 1 aromatic heterocycles. The zero-order chi connectivity index (χ0) is 14.4. The molecule has 1 aromatic carbocycles. The number of benzene rings is 1. The summed E-state index contributed by atoms with van der Waals surface area (Å²) >= 11 is 0. The van der Waals surface area contributed by atoms with Gasteiger partial charge < -0.3 is 10.6 Å². The largest absolute Gasteiger partial charge is 0.379 e. The SMILES string of the molecule is CC(C)C(=O)Nc1cccc(NCc2ccncn2)c1. The molecule has 1 heterocycles. The van der Waals surface area contributed by atoms with Gasteiger partial charge in [0.05, 0.1) is 12.2 Å². The Morgan fingerprint density at radius 1 is 1.25 bits per heavy atom. The summed E-state index contributed by atoms with van der Waals surface area (Å²) in [4.78, 5) is 19.7. The quantitative estimate of drug-likeness (QED) is 0.876. The van der Waals surface area contributed by atoms with Crippen LogP contribution in [0.3, 0.4) is 0 Å². The van der Waals surface area contributed by atoms with Gasteiger partial charge in [-0.25, -0.2) is 9.97 Å². The lowest BCUT2D eigenvalue weighted by Gasteiger charge is -2.10. The Labute approximate surface area is 118 Å². The van der Waals surface area contributed by atoms with Crippen molar-refractivity contribution in [3.05, 3.63) is 48.5 Å². The minimum atomic E-state index is -0.0346. The van der Waals surface area contributed by atoms with E-state index in [9.17, 15) is 4.79 Å². The number of carbonyl (C=O) groups is 1. The van der Waals surface area contributed by atoms with Crippen molar-refractivity contribution in [1.82, 2.24) is 9.97 Å². The first-order valence-electron chi connectivity index (χ1n) is 6.55. The number of rotatable bonds is 5. The molecule has 0 unspecified atom stereocenters. The summed E-state index contributed by atoms with van der Waals surface area (Å²) in [5, 5.41) is 6.14. The van der Waals surface area contributed by atoms with Crippen LogP contribution in [0.25, 0.3) is 0 Å². The van der Waals surface area contributed by atoms with Gasteiger partial charge in [-0.1, -0.05) is 19.9 Å². The summed E-state index contributed by atoms with van der Waals surface area (Å²) in [6, 6.07) is 9.49. The lowest BCUT2D eigenvalue weighted by molar-refractivity contribution is -0.118. The number of carbonyl (C=O) groups excluding carboxylic acids is 1. The summed E-state index contributed by atoms with van der Waals surface area (Å²) in [5.74, 6) is -0.0226. The topological polar surface area (TPSA) is 66.9 Å². The van der Waals surface area contributed by atoms with Crippen LogP contribution in [0.15, 0.2) is 42.9 Å². The van der Waals surface area contributed by atoms with E-state index in [4.69, 9.17) is 0 Å². The van der Waals surface area contributed by atoms with Crippen LogP contribution in [-0.2, 0) is 11.3 Å². The molecule has 0 aliphatic carbocycles. The molecule has 5 heteroatoms. The molecule has 20 heavy (non-hydrogen) atoms. The van der Waals surface area contributed by atoms with Gasteiger partial charge in [-0.05, 0) is 24.3 Å². The van der Waals surface area contributed by atoms with E-state index in [0.717, 1.165) is 17.1 Å². The Balaban J connectivity index is 1.97. The van der Waals surface area contributed by atoms with Crippen molar-refractivity contribution < 1.29 is 4.79 Å². The normalized spacial score (nSPS) is 10.3. The van der Waals surface area contributed by atoms with Crippen molar-refractivity contribution in [1.29, 1.82) is 0 Å². The van der Waals surface area contributed by atoms with E-state index < -0.39 is 0 Å². The summed E-state index contributed by atoms with van der Waals surface area (Å²) in [6.07, 6.45) is 3.24. The van der Waals surface area contributed by atoms with Crippen molar-refractivity contribution in [3.8, 4) is 0 Å². The van der Waals surface area contributed by atoms with Crippen LogP contribution in [0.5, 0.6) is 0 Å². The molecule has 2 aromatic rings. The Kier molecular flexibility index (Phi) is 4.65. The predicted octanol–water partition coefficient (Wildman–Crippen LogP) is 2.68. The van der Waals surface area contributed by atoms with Gasteiger partial charge in [0.2, 0.25) is 5.91 Å². The molecule has 0 aliphatic rings. The standard InChI is InChI=1S/C15H18N4O/c1-11(2)15(20)19-13-5-3-4-12(8-13)17-9-14-6-7-16-10-18-14/h3-8,10-11,17H,9H2,1-2H3,(H,19,20). The van der Waals surface area contributed by atoms with Crippen LogP contribution in [0.1, 0.15) is 19.5 Å². The van der Waals surface area contributed by atoms with Gasteiger partial charge in [0.25, 0.3) is 0 Å². The van der Waals surface area contributed by atoms with Gasteiger partial charge in [0.15, 0.2) is 0 Å². The fourth-order valence-electron chi connectivity index (χ4n) is 1.61. The van der Waals surface area contributed by atoms with Crippen molar-refractivity contribution in [2.24, 2.45) is 5.92 Å². The molecule has 1 amide bonds. The minimum Gasteiger partial charge on any atom is -0.379 e. The number of hydrogen-bond acceptors (Lipinski definition) is 4. The van der Waals surface area contributed by atoms with E-state index >= 15 is 0 Å². The molecule has 0 spiro atoms. The van der Waals surface area contributed by atoms with Crippen molar-refractivity contribution >= 4 is 17.3 Å². The fourth-order valence-corrected chi connectivity index (χ4v) is 1.61. The lowest BCUT2D eigenvalue weighted by Crippen LogP contribution is -2.17. The molecule has 0 aliphatic heterocycles. The smallest absolute Gasteiger partial charge is 0.226 e. The summed E-state index contributed by atoms with van der Waals surface area (Å²) < 4.78 is 0. The third kappa shape index (κ3) is 4.05. The molecule has 0 radical (unpaired) electrons. The molecule has 0 fully saturated rings. The number of nitrogens with one attached hydrogen (secondary N) is 2. The Hall–Kier alpha value is -2.43. The van der Waals surface area contributed by atoms with E-state index in [1.54, 1.807) is 6.20 Å². The van der Waals surface area contributed by atoms with Crippen molar-refractivity contribution in [3.63, 3.8) is 0 Å². The highest BCUT2D eigenvalue weighted by Crippen LogP contribution is 2.16. The van der Waals surface area contributed by atoms with Crippen LogP contribution in [0.4, 0.5) is 11.4 Å². The van der Waals surface area contributed by atoms with Crippen molar-refractivity contribution in [2.45, 2.75) is 20.4 Å². The average molecular weight is 270 g/mol. The first kappa shape index (κ1) is 14.0. The first-order chi connectivity index (χ1) is 9.65. The van der Waals surface area contributed by atoms with E-state index in [1.165, 1.54) is 6.33 Å². The molecule has 104 valence electrons. The molecular weight excluding hydrogens is 252 g/mol. The maximum atomic E-state index is 11.7. The molecular formula is C15H18N4O. The van der Waals surface area contributed by atoms with E-state index in [-0.39, 0.29) is 11.8 Å². The van der Waals surface area contributed by atoms with Crippen LogP contribution >= 0.6 is 0 Å². The number of aromatic nitrogens is 2. The molecule has 0 atom stereocenters. The van der Waals surface area contributed by atoms with Gasteiger partial charge in [-0.2, -0.15) is 0 Å². The van der Waals surface area contributed by atoms with Gasteiger partial charge in [-0.3, -0.25) is 4.79 Å². The molecule has 0 bridgehead atoms. The third-order valence-electron chi connectivity index (χ3n) is 2.77. The highest BCUT2D eigenvalue weighted by atomic mass is 16.1. The highest BCUT2D eigenvalue weighted by molar-refractivity contribution is 5.92. The van der Waals surface area contributed by atoms with E-state index in [0.29, 0.717) is 6.54 Å². The predicted molar refractivity (Wildman–Crippen MR) is 79.3 cm³/mol. The minimum absolute atomic E-state index is 0.0120. The van der Waals surface area contributed by atoms with Crippen LogP contribution < -0.4 is 10.6 Å². The van der Waals surface area contributed by atoms with Crippen molar-refractivity contribution in [2.75, 3.05) is 10.6 Å². The molecule has 5 nitrogen and oxygen atoms in total. The first-order valence-corrected chi connectivity index (χ1v) is 6.55. The molecule has 2 N–H and O–H groups in total.